The summed E-state index contributed by atoms with van der Waals surface area (Å²) in [6, 6.07) is 11.5. The lowest BCUT2D eigenvalue weighted by molar-refractivity contribution is -0.166. The average Bonchev–Trinajstić information content (AvgIpc) is 2.61. The Hall–Kier alpha value is -2.77. The molecular formula is C19H20FNO5. The zero-order valence-corrected chi connectivity index (χ0v) is 14.5. The van der Waals surface area contributed by atoms with Crippen LogP contribution in [0.2, 0.25) is 0 Å². The quantitative estimate of drug-likeness (QED) is 0.449. The van der Waals surface area contributed by atoms with E-state index in [1.54, 1.807) is 25.1 Å². The molecule has 0 fully saturated rings. The molecule has 6 nitrogen and oxygen atoms in total. The van der Waals surface area contributed by atoms with Gasteiger partial charge in [0.05, 0.1) is 13.0 Å². The number of ether oxygens (including phenoxy) is 1. The number of rotatable bonds is 7. The Morgan fingerprint density at radius 1 is 1.15 bits per heavy atom. The van der Waals surface area contributed by atoms with Gasteiger partial charge in [0.15, 0.2) is 0 Å². The third kappa shape index (κ3) is 4.25. The van der Waals surface area contributed by atoms with E-state index in [1.807, 2.05) is 0 Å². The van der Waals surface area contributed by atoms with Gasteiger partial charge in [-0.3, -0.25) is 14.8 Å². The van der Waals surface area contributed by atoms with Gasteiger partial charge in [0, 0.05) is 7.05 Å². The number of hydroxylamine groups is 2. The first-order valence-electron chi connectivity index (χ1n) is 7.99. The number of hydrogen-bond acceptors (Lipinski definition) is 5. The van der Waals surface area contributed by atoms with E-state index in [0.29, 0.717) is 12.4 Å². The third-order valence-corrected chi connectivity index (χ3v) is 3.87. The largest absolute Gasteiger partial charge is 0.494 e. The Bertz CT molecular complexity index is 808. The number of halogens is 1. The van der Waals surface area contributed by atoms with Gasteiger partial charge < -0.3 is 9.84 Å². The summed E-state index contributed by atoms with van der Waals surface area (Å²) in [4.78, 5) is 23.9. The zero-order chi connectivity index (χ0) is 19.3. The summed E-state index contributed by atoms with van der Waals surface area (Å²) in [5, 5.41) is 20.6. The van der Waals surface area contributed by atoms with Gasteiger partial charge in [-0.05, 0) is 42.3 Å². The van der Waals surface area contributed by atoms with Crippen molar-refractivity contribution in [3.63, 3.8) is 0 Å². The van der Waals surface area contributed by atoms with Crippen molar-refractivity contribution >= 4 is 11.7 Å². The summed E-state index contributed by atoms with van der Waals surface area (Å²) < 4.78 is 19.1. The first-order chi connectivity index (χ1) is 12.3. The molecule has 1 atom stereocenters. The molecule has 0 aliphatic carbocycles. The molecule has 0 heterocycles. The molecule has 0 saturated carbocycles. The van der Waals surface area contributed by atoms with Crippen molar-refractivity contribution in [2.75, 3.05) is 13.7 Å². The smallest absolute Gasteiger partial charge is 0.313 e. The fourth-order valence-corrected chi connectivity index (χ4v) is 2.61. The molecule has 1 unspecified atom stereocenters. The number of amides is 1. The van der Waals surface area contributed by atoms with Crippen LogP contribution in [0.25, 0.3) is 0 Å². The lowest BCUT2D eigenvalue weighted by Crippen LogP contribution is -2.37. The number of Topliss-reactive ketones (excluding diaryl/α,β-unsaturated/α-hetero) is 1. The maximum absolute atomic E-state index is 13.7. The van der Waals surface area contributed by atoms with Gasteiger partial charge in [-0.15, -0.1) is 0 Å². The van der Waals surface area contributed by atoms with Gasteiger partial charge in [0.25, 0.3) is 0 Å². The topological polar surface area (TPSA) is 87.1 Å². The molecule has 2 aromatic rings. The van der Waals surface area contributed by atoms with E-state index in [1.165, 1.54) is 24.3 Å². The molecule has 0 aromatic heterocycles. The Balaban J connectivity index is 2.53. The van der Waals surface area contributed by atoms with Crippen molar-refractivity contribution in [1.82, 2.24) is 5.06 Å². The molecular weight excluding hydrogens is 341 g/mol. The second-order valence-electron chi connectivity index (χ2n) is 5.76. The van der Waals surface area contributed by atoms with Gasteiger partial charge in [0.1, 0.15) is 17.2 Å². The molecule has 138 valence electrons. The summed E-state index contributed by atoms with van der Waals surface area (Å²) in [6.07, 6.45) is -0.671. The second kappa shape index (κ2) is 8.07. The highest BCUT2D eigenvalue weighted by Crippen LogP contribution is 2.35. The van der Waals surface area contributed by atoms with Crippen molar-refractivity contribution in [3.8, 4) is 5.75 Å². The minimum atomic E-state index is -1.97. The number of hydrogen-bond donors (Lipinski definition) is 2. The van der Waals surface area contributed by atoms with E-state index >= 15 is 0 Å². The van der Waals surface area contributed by atoms with E-state index in [2.05, 4.69) is 0 Å². The summed E-state index contributed by atoms with van der Waals surface area (Å²) in [6.45, 7) is 2.19. The lowest BCUT2D eigenvalue weighted by atomic mass is 9.82. The highest BCUT2D eigenvalue weighted by atomic mass is 19.1. The average molecular weight is 361 g/mol. The van der Waals surface area contributed by atoms with E-state index in [-0.39, 0.29) is 16.2 Å². The molecule has 2 rings (SSSR count). The summed E-state index contributed by atoms with van der Waals surface area (Å²) >= 11 is 0. The molecule has 2 N–H and O–H groups in total. The number of nitrogens with zero attached hydrogens (tertiary/aromatic N) is 1. The van der Waals surface area contributed by atoms with Gasteiger partial charge >= 0.3 is 5.91 Å². The molecule has 0 saturated heterocycles. The van der Waals surface area contributed by atoms with Crippen LogP contribution in [-0.4, -0.2) is 40.7 Å². The monoisotopic (exact) mass is 361 g/mol. The zero-order valence-electron chi connectivity index (χ0n) is 14.5. The second-order valence-corrected chi connectivity index (χ2v) is 5.76. The van der Waals surface area contributed by atoms with Crippen LogP contribution in [0.3, 0.4) is 0 Å². The van der Waals surface area contributed by atoms with Crippen molar-refractivity contribution < 1.29 is 29.0 Å². The summed E-state index contributed by atoms with van der Waals surface area (Å²) in [5.74, 6) is -2.35. The highest BCUT2D eigenvalue weighted by Gasteiger charge is 2.37. The van der Waals surface area contributed by atoms with Crippen molar-refractivity contribution in [3.05, 3.63) is 65.5 Å². The summed E-state index contributed by atoms with van der Waals surface area (Å²) in [7, 11) is 1.01. The molecule has 2 aromatic carbocycles. The van der Waals surface area contributed by atoms with Gasteiger partial charge in [-0.2, -0.15) is 0 Å². The Morgan fingerprint density at radius 2 is 1.77 bits per heavy atom. The fourth-order valence-electron chi connectivity index (χ4n) is 2.61. The molecule has 0 radical (unpaired) electrons. The van der Waals surface area contributed by atoms with Crippen LogP contribution >= 0.6 is 0 Å². The molecule has 0 bridgehead atoms. The van der Waals surface area contributed by atoms with Gasteiger partial charge in [0.2, 0.25) is 5.78 Å². The maximum atomic E-state index is 13.7. The Morgan fingerprint density at radius 3 is 2.35 bits per heavy atom. The Kier molecular flexibility index (Phi) is 6.07. The summed E-state index contributed by atoms with van der Waals surface area (Å²) in [5.41, 5.74) is -1.61. The van der Waals surface area contributed by atoms with E-state index in [9.17, 15) is 24.3 Å². The van der Waals surface area contributed by atoms with Gasteiger partial charge in [-0.1, -0.05) is 24.3 Å². The normalized spacial score (nSPS) is 13.0. The van der Waals surface area contributed by atoms with Crippen LogP contribution in [0.5, 0.6) is 5.75 Å². The Labute approximate surface area is 150 Å². The SMILES string of the molecule is CCOc1cccc(C(O)(CC(=O)C(=O)N(C)O)c2cccc(F)c2)c1. The van der Waals surface area contributed by atoms with E-state index < -0.39 is 29.5 Å². The predicted molar refractivity (Wildman–Crippen MR) is 91.2 cm³/mol. The molecule has 7 heteroatoms. The molecule has 26 heavy (non-hydrogen) atoms. The number of carbonyl (C=O) groups excluding carboxylic acids is 2. The molecule has 0 aliphatic rings. The van der Waals surface area contributed by atoms with E-state index in [4.69, 9.17) is 4.74 Å². The molecule has 1 amide bonds. The first kappa shape index (κ1) is 19.6. The number of aliphatic hydroxyl groups is 1. The van der Waals surface area contributed by atoms with Crippen molar-refractivity contribution in [2.24, 2.45) is 0 Å². The van der Waals surface area contributed by atoms with Crippen LogP contribution in [0.1, 0.15) is 24.5 Å². The number of ketones is 1. The van der Waals surface area contributed by atoms with Crippen LogP contribution < -0.4 is 4.74 Å². The minimum Gasteiger partial charge on any atom is -0.494 e. The van der Waals surface area contributed by atoms with Crippen LogP contribution in [-0.2, 0) is 15.2 Å². The molecule has 0 aliphatic heterocycles. The fraction of sp³-hybridized carbons (Fsp3) is 0.263. The lowest BCUT2D eigenvalue weighted by Gasteiger charge is -2.29. The first-order valence-corrected chi connectivity index (χ1v) is 7.99. The van der Waals surface area contributed by atoms with Crippen LogP contribution in [0.4, 0.5) is 4.39 Å². The van der Waals surface area contributed by atoms with E-state index in [0.717, 1.165) is 13.1 Å². The van der Waals surface area contributed by atoms with Crippen LogP contribution in [0.15, 0.2) is 48.5 Å². The standard InChI is InChI=1S/C19H20FNO5/c1-3-26-16-9-5-7-14(11-16)19(24,12-17(22)18(23)21(2)25)13-6-4-8-15(20)10-13/h4-11,24-25H,3,12H2,1-2H3. The number of carbonyl (C=O) groups is 2. The number of benzene rings is 2. The molecule has 0 spiro atoms. The third-order valence-electron chi connectivity index (χ3n) is 3.87. The van der Waals surface area contributed by atoms with Crippen molar-refractivity contribution in [1.29, 1.82) is 0 Å². The minimum absolute atomic E-state index is 0.105. The highest BCUT2D eigenvalue weighted by molar-refractivity contribution is 6.35. The predicted octanol–water partition coefficient (Wildman–Crippen LogP) is 2.27. The van der Waals surface area contributed by atoms with Gasteiger partial charge in [-0.25, -0.2) is 9.45 Å². The van der Waals surface area contributed by atoms with Crippen molar-refractivity contribution in [2.45, 2.75) is 18.9 Å². The number of likely N-dealkylation sites (N-methyl/N-ethyl adjacent to an activating group) is 1. The maximum Gasteiger partial charge on any atom is 0.313 e. The van der Waals surface area contributed by atoms with Crippen LogP contribution in [0, 0.1) is 5.82 Å².